The Morgan fingerprint density at radius 2 is 1.88 bits per heavy atom. The highest BCUT2D eigenvalue weighted by Gasteiger charge is 2.31. The molecule has 0 spiro atoms. The minimum atomic E-state index is -3.53. The van der Waals surface area contributed by atoms with E-state index in [0.29, 0.717) is 11.3 Å². The van der Waals surface area contributed by atoms with Crippen LogP contribution in [0.4, 0.5) is 14.5 Å². The summed E-state index contributed by atoms with van der Waals surface area (Å²) in [5.41, 5.74) is 0.678. The Morgan fingerprint density at radius 1 is 1.19 bits per heavy atom. The number of fused-ring (bicyclic) bond motifs is 3. The van der Waals surface area contributed by atoms with Gasteiger partial charge in [0.2, 0.25) is 10.0 Å². The Bertz CT molecular complexity index is 1400. The largest absolute Gasteiger partial charge is 0.373 e. The van der Waals surface area contributed by atoms with Crippen LogP contribution in [0.2, 0.25) is 0 Å². The molecule has 1 aromatic heterocycles. The highest BCUT2D eigenvalue weighted by atomic mass is 32.2. The number of ether oxygens (including phenoxy) is 1. The van der Waals surface area contributed by atoms with Gasteiger partial charge in [-0.3, -0.25) is 14.3 Å². The Kier molecular flexibility index (Phi) is 5.47. The lowest BCUT2D eigenvalue weighted by atomic mass is 9.95. The summed E-state index contributed by atoms with van der Waals surface area (Å²) >= 11 is 0. The van der Waals surface area contributed by atoms with Crippen LogP contribution >= 0.6 is 0 Å². The number of sulfonamides is 1. The number of hydrogen-bond donors (Lipinski definition) is 2. The Hall–Kier alpha value is -3.31. The maximum Gasteiger partial charge on any atom is 0.256 e. The predicted molar refractivity (Wildman–Crippen MR) is 114 cm³/mol. The average molecular weight is 463 g/mol. The molecule has 168 valence electrons. The first-order valence-electron chi connectivity index (χ1n) is 9.51. The first-order valence-corrected chi connectivity index (χ1v) is 11.4. The minimum absolute atomic E-state index is 0.0326. The number of H-pyrrole nitrogens is 1. The number of anilines is 1. The molecule has 8 nitrogen and oxygen atoms in total. The van der Waals surface area contributed by atoms with Crippen molar-refractivity contribution in [2.45, 2.75) is 12.6 Å². The number of carbonyl (C=O) groups excluding carboxylic acids is 1. The smallest absolute Gasteiger partial charge is 0.256 e. The first-order chi connectivity index (χ1) is 15.0. The molecule has 1 aliphatic rings. The lowest BCUT2D eigenvalue weighted by Crippen LogP contribution is -2.37. The van der Waals surface area contributed by atoms with E-state index in [1.165, 1.54) is 36.2 Å². The van der Waals surface area contributed by atoms with Crippen molar-refractivity contribution in [1.82, 2.24) is 9.88 Å². The third-order valence-electron chi connectivity index (χ3n) is 5.24. The number of nitrogens with zero attached hydrogens (tertiary/aromatic N) is 1. The van der Waals surface area contributed by atoms with E-state index >= 15 is 0 Å². The molecule has 1 atom stereocenters. The number of benzene rings is 2. The van der Waals surface area contributed by atoms with Crippen molar-refractivity contribution in [2.24, 2.45) is 0 Å². The number of likely N-dealkylation sites (N-methyl/N-ethyl adjacent to an activating group) is 1. The van der Waals surface area contributed by atoms with Crippen LogP contribution in [0.15, 0.2) is 41.2 Å². The van der Waals surface area contributed by atoms with Crippen LogP contribution in [0.3, 0.4) is 0 Å². The van der Waals surface area contributed by atoms with Crippen LogP contribution in [0.5, 0.6) is 0 Å². The van der Waals surface area contributed by atoms with E-state index in [4.69, 9.17) is 4.74 Å². The van der Waals surface area contributed by atoms with E-state index in [1.54, 1.807) is 0 Å². The summed E-state index contributed by atoms with van der Waals surface area (Å²) in [6.45, 7) is 0.114. The average Bonchev–Trinajstić information content (AvgIpc) is 2.72. The quantitative estimate of drug-likeness (QED) is 0.618. The van der Waals surface area contributed by atoms with Gasteiger partial charge in [0.1, 0.15) is 0 Å². The zero-order valence-electron chi connectivity index (χ0n) is 17.1. The number of nitrogens with one attached hydrogen (secondary N) is 2. The molecule has 0 aliphatic carbocycles. The topological polar surface area (TPSA) is 109 Å². The molecule has 1 amide bonds. The second kappa shape index (κ2) is 7.99. The minimum Gasteiger partial charge on any atom is -0.373 e. The molecule has 2 heterocycles. The summed E-state index contributed by atoms with van der Waals surface area (Å²) in [4.78, 5) is 29.5. The second-order valence-electron chi connectivity index (χ2n) is 7.56. The summed E-state index contributed by atoms with van der Waals surface area (Å²) in [6, 6.07) is 7.03. The fourth-order valence-corrected chi connectivity index (χ4v) is 4.38. The zero-order valence-corrected chi connectivity index (χ0v) is 17.9. The van der Waals surface area contributed by atoms with Crippen LogP contribution in [0, 0.1) is 11.6 Å². The number of amides is 1. The van der Waals surface area contributed by atoms with Gasteiger partial charge in [-0.25, -0.2) is 17.2 Å². The van der Waals surface area contributed by atoms with Gasteiger partial charge in [0, 0.05) is 29.6 Å². The number of hydrogen-bond acceptors (Lipinski definition) is 5. The molecule has 0 fully saturated rings. The van der Waals surface area contributed by atoms with Crippen molar-refractivity contribution in [1.29, 1.82) is 0 Å². The molecule has 2 aromatic carbocycles. The van der Waals surface area contributed by atoms with Gasteiger partial charge in [-0.15, -0.1) is 0 Å². The van der Waals surface area contributed by atoms with Crippen LogP contribution < -0.4 is 10.3 Å². The monoisotopic (exact) mass is 463 g/mol. The maximum atomic E-state index is 14.0. The summed E-state index contributed by atoms with van der Waals surface area (Å²) in [6.07, 6.45) is 0.998. The van der Waals surface area contributed by atoms with Crippen LogP contribution in [-0.4, -0.2) is 44.1 Å². The molecule has 0 saturated heterocycles. The van der Waals surface area contributed by atoms with Gasteiger partial charge in [-0.05, 0) is 35.7 Å². The van der Waals surface area contributed by atoms with Crippen molar-refractivity contribution in [2.75, 3.05) is 24.6 Å². The van der Waals surface area contributed by atoms with Crippen molar-refractivity contribution >= 4 is 32.4 Å². The third kappa shape index (κ3) is 4.08. The Morgan fingerprint density at radius 3 is 2.56 bits per heavy atom. The van der Waals surface area contributed by atoms with Crippen LogP contribution in [-0.2, 0) is 21.4 Å². The number of halogens is 2. The maximum absolute atomic E-state index is 14.0. The van der Waals surface area contributed by atoms with Crippen LogP contribution in [0.25, 0.3) is 10.8 Å². The molecular formula is C21H19F2N3O5S. The third-order valence-corrected chi connectivity index (χ3v) is 5.85. The number of carbonyl (C=O) groups is 1. The van der Waals surface area contributed by atoms with Gasteiger partial charge in [-0.2, -0.15) is 0 Å². The van der Waals surface area contributed by atoms with E-state index < -0.39 is 39.2 Å². The van der Waals surface area contributed by atoms with Crippen molar-refractivity contribution in [3.63, 3.8) is 0 Å². The Labute approximate surface area is 181 Å². The van der Waals surface area contributed by atoms with Gasteiger partial charge in [0.15, 0.2) is 11.6 Å². The van der Waals surface area contributed by atoms with Gasteiger partial charge < -0.3 is 14.6 Å². The lowest BCUT2D eigenvalue weighted by Gasteiger charge is -2.34. The molecule has 3 aromatic rings. The SMILES string of the molecule is CN(C(=O)c1cccc(NS(C)(=O)=O)c1)C1COCc2[nH]c(=O)c3cc(F)c(F)cc3c21. The molecule has 32 heavy (non-hydrogen) atoms. The van der Waals surface area contributed by atoms with Crippen LogP contribution in [0.1, 0.15) is 27.7 Å². The second-order valence-corrected chi connectivity index (χ2v) is 9.31. The summed E-state index contributed by atoms with van der Waals surface area (Å²) < 4.78 is 58.6. The van der Waals surface area contributed by atoms with Gasteiger partial charge >= 0.3 is 0 Å². The van der Waals surface area contributed by atoms with E-state index in [0.717, 1.165) is 18.4 Å². The summed E-state index contributed by atoms with van der Waals surface area (Å²) in [7, 11) is -2.02. The standard InChI is InChI=1S/C21H19F2N3O5S/c1-26(21(28)11-4-3-5-12(6-11)25-32(2,29)30)18-10-31-9-17-19(18)13-7-15(22)16(23)8-14(13)20(27)24-17/h3-8,18,25H,9-10H2,1-2H3,(H,24,27). The van der Waals surface area contributed by atoms with Gasteiger partial charge in [0.05, 0.1) is 30.9 Å². The van der Waals surface area contributed by atoms with E-state index in [1.807, 2.05) is 0 Å². The lowest BCUT2D eigenvalue weighted by molar-refractivity contribution is 0.0335. The molecule has 0 bridgehead atoms. The van der Waals surface area contributed by atoms with Gasteiger partial charge in [-0.1, -0.05) is 6.07 Å². The van der Waals surface area contributed by atoms with E-state index in [-0.39, 0.29) is 35.2 Å². The first kappa shape index (κ1) is 21.9. The number of aromatic amines is 1. The molecule has 0 saturated carbocycles. The fraction of sp³-hybridized carbons (Fsp3) is 0.238. The fourth-order valence-electron chi connectivity index (χ4n) is 3.82. The molecule has 2 N–H and O–H groups in total. The highest BCUT2D eigenvalue weighted by Crippen LogP contribution is 2.34. The predicted octanol–water partition coefficient (Wildman–Crippen LogP) is 2.52. The number of aromatic nitrogens is 1. The van der Waals surface area contributed by atoms with Crippen molar-refractivity contribution in [3.05, 3.63) is 75.2 Å². The van der Waals surface area contributed by atoms with Crippen molar-refractivity contribution in [3.8, 4) is 0 Å². The molecule has 1 unspecified atom stereocenters. The molecule has 11 heteroatoms. The molecular weight excluding hydrogens is 444 g/mol. The van der Waals surface area contributed by atoms with Crippen molar-refractivity contribution < 1.29 is 26.7 Å². The summed E-state index contributed by atoms with van der Waals surface area (Å²) in [5.74, 6) is -2.71. The zero-order chi connectivity index (χ0) is 23.2. The number of pyridine rings is 1. The molecule has 0 radical (unpaired) electrons. The summed E-state index contributed by atoms with van der Waals surface area (Å²) in [5, 5.41) is 0.165. The number of rotatable bonds is 4. The normalized spacial score (nSPS) is 15.9. The molecule has 4 rings (SSSR count). The van der Waals surface area contributed by atoms with Gasteiger partial charge in [0.25, 0.3) is 11.5 Å². The Balaban J connectivity index is 1.77. The van der Waals surface area contributed by atoms with E-state index in [9.17, 15) is 26.8 Å². The van der Waals surface area contributed by atoms with E-state index in [2.05, 4.69) is 9.71 Å². The highest BCUT2D eigenvalue weighted by molar-refractivity contribution is 7.92. The molecule has 1 aliphatic heterocycles.